The van der Waals surface area contributed by atoms with E-state index in [1.807, 2.05) is 37.4 Å². The van der Waals surface area contributed by atoms with E-state index < -0.39 is 17.9 Å². The first-order valence-corrected chi connectivity index (χ1v) is 29.4. The van der Waals surface area contributed by atoms with Gasteiger partial charge in [-0.3, -0.25) is 4.79 Å². The number of ketones is 1. The summed E-state index contributed by atoms with van der Waals surface area (Å²) in [4.78, 5) is 52.6. The zero-order valence-electron chi connectivity index (χ0n) is 36.1. The molecule has 322 valence electrons. The van der Waals surface area contributed by atoms with Gasteiger partial charge in [-0.25, -0.2) is 9.59 Å². The third-order valence-electron chi connectivity index (χ3n) is 9.89. The number of benzene rings is 3. The van der Waals surface area contributed by atoms with E-state index in [4.69, 9.17) is 0 Å². The molecule has 0 radical (unpaired) electrons. The van der Waals surface area contributed by atoms with Crippen molar-refractivity contribution < 1.29 is 24.6 Å². The van der Waals surface area contributed by atoms with Crippen LogP contribution in [0.2, 0.25) is 0 Å². The van der Waals surface area contributed by atoms with Gasteiger partial charge in [-0.1, -0.05) is 13.8 Å². The predicted molar refractivity (Wildman–Crippen MR) is 270 cm³/mol. The van der Waals surface area contributed by atoms with Crippen molar-refractivity contribution in [2.45, 2.75) is 193 Å². The molecule has 2 N–H and O–H groups in total. The SMILES string of the molecule is CC.CC(=O)c1c2c(c(C(c3c4c(c(C(=O)O)c5c3SC(C)(C)S5)SC(C)(C)S4)c3c4c(c(C(=O)O)c5c3SC(C)(C)S5)SC(C)(C)S4)c3c1SC(C)(C)S3)SC(C)(C)S2. The van der Waals surface area contributed by atoms with Crippen molar-refractivity contribution in [3.05, 3.63) is 33.4 Å². The van der Waals surface area contributed by atoms with Gasteiger partial charge in [0.15, 0.2) is 5.78 Å². The standard InChI is InChI=1S/C41H42O5S12.C2H6/c1-14(42)15-22-24(49-36(2,3)47-22)17(25-23(15)48-37(4,5)50-25)16(18-26-30(55-38(6,7)51-26)20(34(43)44)31-27(18)52-39(8,9)56-31)19-28-32(57-40(10,11)53-28)21(35(45)46)33-29(19)54-41(12,13)58-33;1-2/h16H,1-13H3,(H,43,44)(H,45,46);1-2H3. The van der Waals surface area contributed by atoms with Crippen molar-refractivity contribution in [1.29, 1.82) is 0 Å². The van der Waals surface area contributed by atoms with Gasteiger partial charge in [0.2, 0.25) is 0 Å². The number of fused-ring (bicyclic) bond motifs is 6. The lowest BCUT2D eigenvalue weighted by molar-refractivity contribution is 0.0677. The average Bonchev–Trinajstić information content (AvgIpc) is 3.89. The van der Waals surface area contributed by atoms with Crippen molar-refractivity contribution in [3.8, 4) is 0 Å². The molecular weight excluding hydrogens is 981 g/mol. The molecule has 0 aromatic heterocycles. The number of aromatic carboxylic acids is 2. The Bertz CT molecular complexity index is 2080. The lowest BCUT2D eigenvalue weighted by Gasteiger charge is -2.32. The summed E-state index contributed by atoms with van der Waals surface area (Å²) in [5, 5.41) is 22.1. The number of Topliss-reactive ketones (excluding diaryl/α,β-unsaturated/α-hetero) is 1. The lowest BCUT2D eigenvalue weighted by Crippen LogP contribution is -2.16. The molecule has 0 bridgehead atoms. The number of carboxylic acids is 2. The summed E-state index contributed by atoms with van der Waals surface area (Å²) in [7, 11) is 0. The highest BCUT2D eigenvalue weighted by Gasteiger charge is 2.53. The maximum absolute atomic E-state index is 13.9. The fourth-order valence-corrected chi connectivity index (χ4v) is 26.2. The Kier molecular flexibility index (Phi) is 12.1. The summed E-state index contributed by atoms with van der Waals surface area (Å²) in [5.74, 6) is -2.14. The van der Waals surface area contributed by atoms with Crippen molar-refractivity contribution in [1.82, 2.24) is 0 Å². The Labute approximate surface area is 405 Å². The molecule has 0 amide bonds. The van der Waals surface area contributed by atoms with Crippen molar-refractivity contribution in [3.63, 3.8) is 0 Å². The Balaban J connectivity index is 0.00000246. The highest BCUT2D eigenvalue weighted by Crippen LogP contribution is 2.74. The molecule has 6 heterocycles. The van der Waals surface area contributed by atoms with Crippen LogP contribution in [0.15, 0.2) is 58.7 Å². The second-order valence-electron chi connectivity index (χ2n) is 17.5. The maximum atomic E-state index is 13.9. The largest absolute Gasteiger partial charge is 0.478 e. The van der Waals surface area contributed by atoms with E-state index in [1.54, 1.807) is 125 Å². The minimum absolute atomic E-state index is 0.0669. The molecule has 3 aromatic carbocycles. The second kappa shape index (κ2) is 15.5. The van der Waals surface area contributed by atoms with E-state index in [9.17, 15) is 24.6 Å². The molecule has 0 fully saturated rings. The fraction of sp³-hybridized carbons (Fsp3) is 0.512. The van der Waals surface area contributed by atoms with Crippen LogP contribution in [-0.4, -0.2) is 52.4 Å². The molecule has 0 saturated heterocycles. The van der Waals surface area contributed by atoms with Gasteiger partial charge in [0.1, 0.15) is 0 Å². The fourth-order valence-electron chi connectivity index (χ4n) is 8.23. The first-order chi connectivity index (χ1) is 27.6. The molecule has 0 unspecified atom stereocenters. The Morgan fingerprint density at radius 1 is 0.350 bits per heavy atom. The summed E-state index contributed by atoms with van der Waals surface area (Å²) in [6.45, 7) is 32.1. The van der Waals surface area contributed by atoms with Gasteiger partial charge >= 0.3 is 11.9 Å². The number of thioether (sulfide) groups is 12. The van der Waals surface area contributed by atoms with E-state index in [0.717, 1.165) is 75.4 Å². The molecule has 3 aromatic rings. The highest BCUT2D eigenvalue weighted by atomic mass is 32.2. The Morgan fingerprint density at radius 2 is 0.517 bits per heavy atom. The summed E-state index contributed by atoms with van der Waals surface area (Å²) in [5.41, 5.74) is 5.03. The van der Waals surface area contributed by atoms with Crippen molar-refractivity contribution in [2.24, 2.45) is 0 Å². The van der Waals surface area contributed by atoms with Crippen LogP contribution in [0.1, 0.15) is 158 Å². The summed E-state index contributed by atoms with van der Waals surface area (Å²) in [6, 6.07) is 0. The molecule has 0 aliphatic carbocycles. The van der Waals surface area contributed by atoms with Crippen LogP contribution in [0.3, 0.4) is 0 Å². The van der Waals surface area contributed by atoms with Gasteiger partial charge < -0.3 is 10.2 Å². The number of rotatable bonds is 6. The van der Waals surface area contributed by atoms with Crippen LogP contribution in [0.25, 0.3) is 0 Å². The first-order valence-electron chi connectivity index (χ1n) is 19.6. The molecule has 6 aliphatic heterocycles. The number of carboxylic acid groups (broad SMARTS) is 2. The molecule has 0 spiro atoms. The molecule has 9 rings (SSSR count). The van der Waals surface area contributed by atoms with E-state index in [0.29, 0.717) is 11.1 Å². The highest BCUT2D eigenvalue weighted by molar-refractivity contribution is 8.23. The van der Waals surface area contributed by atoms with Crippen LogP contribution in [0, 0.1) is 0 Å². The zero-order chi connectivity index (χ0) is 44.2. The number of hydrogen-bond acceptors (Lipinski definition) is 15. The minimum Gasteiger partial charge on any atom is -0.478 e. The van der Waals surface area contributed by atoms with Crippen molar-refractivity contribution >= 4 is 159 Å². The van der Waals surface area contributed by atoms with Crippen molar-refractivity contribution in [2.75, 3.05) is 0 Å². The number of hydrogen-bond donors (Lipinski definition) is 2. The Morgan fingerprint density at radius 3 is 0.683 bits per heavy atom. The monoisotopic (exact) mass is 1030 g/mol. The van der Waals surface area contributed by atoms with Gasteiger partial charge in [0.05, 0.1) is 35.6 Å². The quantitative estimate of drug-likeness (QED) is 0.181. The zero-order valence-corrected chi connectivity index (χ0v) is 45.9. The second-order valence-corrected chi connectivity index (χ2v) is 38.7. The summed E-state index contributed by atoms with van der Waals surface area (Å²) in [6.07, 6.45) is 0. The van der Waals surface area contributed by atoms with E-state index in [1.165, 1.54) is 5.56 Å². The average molecular weight is 1030 g/mol. The van der Waals surface area contributed by atoms with Crippen LogP contribution in [0.5, 0.6) is 0 Å². The molecule has 17 heteroatoms. The summed E-state index contributed by atoms with van der Waals surface area (Å²) >= 11 is 20.9. The van der Waals surface area contributed by atoms with Crippen LogP contribution >= 0.6 is 141 Å². The van der Waals surface area contributed by atoms with E-state index >= 15 is 0 Å². The molecule has 0 atom stereocenters. The van der Waals surface area contributed by atoms with Crippen LogP contribution in [0.4, 0.5) is 0 Å². The number of carbonyl (C=O) groups is 3. The van der Waals surface area contributed by atoms with Gasteiger partial charge in [0, 0.05) is 70.2 Å². The first kappa shape index (κ1) is 47.0. The topological polar surface area (TPSA) is 91.7 Å². The normalized spacial score (nSPS) is 22.1. The van der Waals surface area contributed by atoms with E-state index in [-0.39, 0.29) is 30.3 Å². The third-order valence-corrected chi connectivity index (χ3v) is 27.0. The number of carbonyl (C=O) groups excluding carboxylic acids is 1. The molecule has 60 heavy (non-hydrogen) atoms. The Hall–Kier alpha value is 0.470. The summed E-state index contributed by atoms with van der Waals surface area (Å²) < 4.78 is -1.82. The van der Waals surface area contributed by atoms with Gasteiger partial charge in [0.25, 0.3) is 0 Å². The lowest BCUT2D eigenvalue weighted by atomic mass is 9.83. The molecule has 5 nitrogen and oxygen atoms in total. The minimum atomic E-state index is -0.905. The van der Waals surface area contributed by atoms with E-state index in [2.05, 4.69) is 83.1 Å². The van der Waals surface area contributed by atoms with Gasteiger partial charge in [-0.05, 0) is 107 Å². The van der Waals surface area contributed by atoms with Gasteiger partial charge in [-0.15, -0.1) is 141 Å². The molecular formula is C43H48O5S12. The third kappa shape index (κ3) is 7.89. The van der Waals surface area contributed by atoms with Gasteiger partial charge in [-0.2, -0.15) is 0 Å². The molecule has 0 saturated carbocycles. The smallest absolute Gasteiger partial charge is 0.338 e. The molecule has 6 aliphatic rings. The maximum Gasteiger partial charge on any atom is 0.338 e. The van der Waals surface area contributed by atoms with Crippen LogP contribution < -0.4 is 0 Å². The van der Waals surface area contributed by atoms with Crippen LogP contribution in [-0.2, 0) is 0 Å². The predicted octanol–water partition coefficient (Wildman–Crippen LogP) is 17.1.